The van der Waals surface area contributed by atoms with Crippen LogP contribution in [0.2, 0.25) is 0 Å². The molecule has 0 aromatic heterocycles. The molecule has 1 amide bonds. The topological polar surface area (TPSA) is 73.9 Å². The monoisotopic (exact) mass is 381 g/mol. The van der Waals surface area contributed by atoms with Crippen LogP contribution in [0.5, 0.6) is 11.5 Å². The van der Waals surface area contributed by atoms with E-state index >= 15 is 0 Å². The number of ether oxygens (including phenoxy) is 3. The van der Waals surface area contributed by atoms with Crippen molar-refractivity contribution in [2.75, 3.05) is 12.1 Å². The zero-order valence-corrected chi connectivity index (χ0v) is 14.0. The van der Waals surface area contributed by atoms with Gasteiger partial charge in [-0.3, -0.25) is 4.79 Å². The molecule has 0 saturated carbocycles. The molecule has 142 valence electrons. The highest BCUT2D eigenvalue weighted by molar-refractivity contribution is 5.97. The first-order valence-corrected chi connectivity index (χ1v) is 7.83. The van der Waals surface area contributed by atoms with Crippen molar-refractivity contribution in [3.63, 3.8) is 0 Å². The second kappa shape index (κ2) is 7.18. The number of anilines is 1. The quantitative estimate of drug-likeness (QED) is 0.819. The summed E-state index contributed by atoms with van der Waals surface area (Å²) < 4.78 is 53.5. The Balaban J connectivity index is 1.63. The van der Waals surface area contributed by atoms with Crippen molar-refractivity contribution in [3.05, 3.63) is 53.6 Å². The van der Waals surface area contributed by atoms with Gasteiger partial charge in [-0.1, -0.05) is 6.07 Å². The number of esters is 1. The molecule has 1 N–H and O–H groups in total. The fourth-order valence-corrected chi connectivity index (χ4v) is 2.32. The van der Waals surface area contributed by atoms with E-state index in [4.69, 9.17) is 14.2 Å². The van der Waals surface area contributed by atoms with Crippen LogP contribution in [0, 0.1) is 0 Å². The largest absolute Gasteiger partial charge is 0.454 e. The number of fused-ring (bicyclic) bond motifs is 1. The first-order valence-electron chi connectivity index (χ1n) is 7.83. The van der Waals surface area contributed by atoms with Gasteiger partial charge in [-0.15, -0.1) is 0 Å². The van der Waals surface area contributed by atoms with Crippen LogP contribution in [-0.2, 0) is 15.7 Å². The first kappa shape index (κ1) is 18.6. The van der Waals surface area contributed by atoms with Crippen LogP contribution >= 0.6 is 0 Å². The number of rotatable bonds is 4. The number of carbonyl (C=O) groups excluding carboxylic acids is 2. The average molecular weight is 381 g/mol. The van der Waals surface area contributed by atoms with Crippen molar-refractivity contribution in [2.24, 2.45) is 0 Å². The molecular formula is C18H14F3NO5. The number of hydrogen-bond acceptors (Lipinski definition) is 5. The predicted molar refractivity (Wildman–Crippen MR) is 87.5 cm³/mol. The van der Waals surface area contributed by atoms with Gasteiger partial charge in [0.15, 0.2) is 17.6 Å². The summed E-state index contributed by atoms with van der Waals surface area (Å²) in [5.74, 6) is -0.679. The number of carbonyl (C=O) groups is 2. The van der Waals surface area contributed by atoms with E-state index in [2.05, 4.69) is 5.32 Å². The molecule has 6 nitrogen and oxygen atoms in total. The molecule has 2 aromatic rings. The van der Waals surface area contributed by atoms with Gasteiger partial charge in [-0.05, 0) is 37.3 Å². The molecule has 0 aliphatic carbocycles. The fourth-order valence-electron chi connectivity index (χ4n) is 2.32. The van der Waals surface area contributed by atoms with Gasteiger partial charge in [-0.2, -0.15) is 13.2 Å². The van der Waals surface area contributed by atoms with Crippen molar-refractivity contribution < 1.29 is 37.0 Å². The SMILES string of the molecule is C[C@@H](OC(=O)c1cccc(C(F)(F)F)c1)C(=O)Nc1ccc2c(c1)OCO2. The molecule has 1 atom stereocenters. The van der Waals surface area contributed by atoms with Crippen molar-refractivity contribution in [1.29, 1.82) is 0 Å². The van der Waals surface area contributed by atoms with Crippen molar-refractivity contribution >= 4 is 17.6 Å². The zero-order chi connectivity index (χ0) is 19.6. The lowest BCUT2D eigenvalue weighted by molar-refractivity contribution is -0.137. The van der Waals surface area contributed by atoms with E-state index in [1.54, 1.807) is 18.2 Å². The Morgan fingerprint density at radius 2 is 1.85 bits per heavy atom. The standard InChI is InChI=1S/C18H14F3NO5/c1-10(16(23)22-13-5-6-14-15(8-13)26-9-25-14)27-17(24)11-3-2-4-12(7-11)18(19,20)21/h2-8,10H,9H2,1H3,(H,22,23)/t10-/m1/s1. The molecule has 0 spiro atoms. The number of nitrogens with one attached hydrogen (secondary N) is 1. The minimum atomic E-state index is -4.58. The summed E-state index contributed by atoms with van der Waals surface area (Å²) in [6.07, 6.45) is -5.81. The maximum Gasteiger partial charge on any atom is 0.416 e. The Labute approximate surface area is 151 Å². The normalized spacial score (nSPS) is 13.8. The lowest BCUT2D eigenvalue weighted by atomic mass is 10.1. The number of alkyl halides is 3. The first-order chi connectivity index (χ1) is 12.7. The smallest absolute Gasteiger partial charge is 0.416 e. The van der Waals surface area contributed by atoms with Crippen LogP contribution in [0.3, 0.4) is 0 Å². The number of halogens is 3. The van der Waals surface area contributed by atoms with E-state index < -0.39 is 29.7 Å². The Kier molecular flexibility index (Phi) is 4.93. The second-order valence-corrected chi connectivity index (χ2v) is 5.68. The van der Waals surface area contributed by atoms with Crippen LogP contribution < -0.4 is 14.8 Å². The third-order valence-corrected chi connectivity index (χ3v) is 3.72. The molecule has 3 rings (SSSR count). The minimum absolute atomic E-state index is 0.0811. The molecule has 9 heteroatoms. The third-order valence-electron chi connectivity index (χ3n) is 3.72. The summed E-state index contributed by atoms with van der Waals surface area (Å²) in [6, 6.07) is 8.51. The fraction of sp³-hybridized carbons (Fsp3) is 0.222. The van der Waals surface area contributed by atoms with Gasteiger partial charge in [0.2, 0.25) is 6.79 Å². The molecule has 2 aromatic carbocycles. The molecule has 27 heavy (non-hydrogen) atoms. The van der Waals surface area contributed by atoms with Crippen LogP contribution in [0.15, 0.2) is 42.5 Å². The van der Waals surface area contributed by atoms with Crippen LogP contribution in [0.4, 0.5) is 18.9 Å². The maximum absolute atomic E-state index is 12.7. The van der Waals surface area contributed by atoms with Gasteiger partial charge in [0.1, 0.15) is 0 Å². The summed E-state index contributed by atoms with van der Waals surface area (Å²) in [6.45, 7) is 1.39. The van der Waals surface area contributed by atoms with Gasteiger partial charge < -0.3 is 19.5 Å². The summed E-state index contributed by atoms with van der Waals surface area (Å²) in [7, 11) is 0. The van der Waals surface area contributed by atoms with E-state index in [-0.39, 0.29) is 12.4 Å². The van der Waals surface area contributed by atoms with Gasteiger partial charge in [0.05, 0.1) is 11.1 Å². The highest BCUT2D eigenvalue weighted by Gasteiger charge is 2.31. The molecule has 0 bridgehead atoms. The summed E-state index contributed by atoms with van der Waals surface area (Å²) in [5, 5.41) is 2.53. The van der Waals surface area contributed by atoms with E-state index in [9.17, 15) is 22.8 Å². The van der Waals surface area contributed by atoms with Crippen molar-refractivity contribution in [1.82, 2.24) is 0 Å². The van der Waals surface area contributed by atoms with Crippen molar-refractivity contribution in [2.45, 2.75) is 19.2 Å². The molecular weight excluding hydrogens is 367 g/mol. The number of benzene rings is 2. The molecule has 0 saturated heterocycles. The van der Waals surface area contributed by atoms with Crippen LogP contribution in [0.25, 0.3) is 0 Å². The second-order valence-electron chi connectivity index (χ2n) is 5.68. The van der Waals surface area contributed by atoms with Gasteiger partial charge in [0.25, 0.3) is 5.91 Å². The number of hydrogen-bond donors (Lipinski definition) is 1. The highest BCUT2D eigenvalue weighted by Crippen LogP contribution is 2.34. The van der Waals surface area contributed by atoms with Crippen molar-refractivity contribution in [3.8, 4) is 11.5 Å². The highest BCUT2D eigenvalue weighted by atomic mass is 19.4. The number of amides is 1. The van der Waals surface area contributed by atoms with Gasteiger partial charge in [0, 0.05) is 11.8 Å². The van der Waals surface area contributed by atoms with E-state index in [0.717, 1.165) is 12.1 Å². The lowest BCUT2D eigenvalue weighted by Gasteiger charge is -2.14. The van der Waals surface area contributed by atoms with Crippen LogP contribution in [0.1, 0.15) is 22.8 Å². The Hall–Kier alpha value is -3.23. The summed E-state index contributed by atoms with van der Waals surface area (Å²) >= 11 is 0. The van der Waals surface area contributed by atoms with Gasteiger partial charge >= 0.3 is 12.1 Å². The summed E-state index contributed by atoms with van der Waals surface area (Å²) in [5.41, 5.74) is -0.881. The molecule has 0 unspecified atom stereocenters. The van der Waals surface area contributed by atoms with E-state index in [1.165, 1.54) is 13.0 Å². The Morgan fingerprint density at radius 3 is 2.59 bits per heavy atom. The average Bonchev–Trinajstić information content (AvgIpc) is 3.08. The molecule has 0 fully saturated rings. The van der Waals surface area contributed by atoms with Crippen LogP contribution in [-0.4, -0.2) is 24.8 Å². The molecule has 1 heterocycles. The third kappa shape index (κ3) is 4.30. The minimum Gasteiger partial charge on any atom is -0.454 e. The Morgan fingerprint density at radius 1 is 1.11 bits per heavy atom. The lowest BCUT2D eigenvalue weighted by Crippen LogP contribution is -2.30. The van der Waals surface area contributed by atoms with E-state index in [1.807, 2.05) is 0 Å². The zero-order valence-electron chi connectivity index (χ0n) is 14.0. The van der Waals surface area contributed by atoms with Gasteiger partial charge in [-0.25, -0.2) is 4.79 Å². The molecule has 1 aliphatic rings. The van der Waals surface area contributed by atoms with E-state index in [0.29, 0.717) is 23.3 Å². The predicted octanol–water partition coefficient (Wildman–Crippen LogP) is 3.62. The Bertz CT molecular complexity index is 882. The maximum atomic E-state index is 12.7. The molecule has 0 radical (unpaired) electrons. The summed E-state index contributed by atoms with van der Waals surface area (Å²) in [4.78, 5) is 24.2. The molecule has 1 aliphatic heterocycles.